The molecule has 1 aliphatic heterocycles. The van der Waals surface area contributed by atoms with E-state index in [9.17, 15) is 0 Å². The van der Waals surface area contributed by atoms with Crippen molar-refractivity contribution in [2.75, 3.05) is 4.90 Å². The molecular weight excluding hydrogens is 777 g/mol. The van der Waals surface area contributed by atoms with Crippen LogP contribution in [0.2, 0.25) is 0 Å². The maximum Gasteiger partial charge on any atom is 0.0640 e. The van der Waals surface area contributed by atoms with Crippen molar-refractivity contribution in [3.8, 4) is 28.2 Å². The third kappa shape index (κ3) is 5.05. The van der Waals surface area contributed by atoms with Gasteiger partial charge in [0.15, 0.2) is 0 Å². The van der Waals surface area contributed by atoms with Gasteiger partial charge >= 0.3 is 0 Å². The van der Waals surface area contributed by atoms with Crippen molar-refractivity contribution in [3.05, 3.63) is 235 Å². The summed E-state index contributed by atoms with van der Waals surface area (Å²) in [6.45, 7) is 0. The molecule has 4 heteroatoms. The van der Waals surface area contributed by atoms with E-state index in [1.165, 1.54) is 105 Å². The Morgan fingerprint density at radius 3 is 1.50 bits per heavy atom. The molecule has 4 heterocycles. The summed E-state index contributed by atoms with van der Waals surface area (Å²) >= 11 is 0. The fourth-order valence-corrected chi connectivity index (χ4v) is 11.2. The van der Waals surface area contributed by atoms with Crippen molar-refractivity contribution >= 4 is 77.5 Å². The molecule has 14 rings (SSSR count). The minimum Gasteiger partial charge on any atom is -0.333 e. The SMILES string of the molecule is C1=C2c3ccccc3N(c3cc(-c4ccccc4)cc(-n4c5ccccc5c5cc6c(cc54)c4ccccc4n6-c4ccccc4)c3)C2Cc2c1n(-c1ccccc1)c1ccccc21. The third-order valence-corrected chi connectivity index (χ3v) is 13.9. The first-order chi connectivity index (χ1) is 31.8. The zero-order chi connectivity index (χ0) is 41.9. The molecular formula is C60H40N4. The van der Waals surface area contributed by atoms with Crippen LogP contribution in [0.15, 0.2) is 218 Å². The largest absolute Gasteiger partial charge is 0.333 e. The minimum atomic E-state index is 0.112. The van der Waals surface area contributed by atoms with E-state index in [2.05, 4.69) is 243 Å². The number of fused-ring (bicyclic) bond motifs is 12. The first kappa shape index (κ1) is 35.3. The van der Waals surface area contributed by atoms with Gasteiger partial charge in [-0.2, -0.15) is 0 Å². The van der Waals surface area contributed by atoms with Crippen molar-refractivity contribution < 1.29 is 0 Å². The normalized spacial score (nSPS) is 14.4. The molecule has 0 saturated heterocycles. The van der Waals surface area contributed by atoms with E-state index in [4.69, 9.17) is 0 Å². The average Bonchev–Trinajstić information content (AvgIpc) is 4.08. The van der Waals surface area contributed by atoms with E-state index in [1.807, 2.05) is 0 Å². The maximum absolute atomic E-state index is 2.63. The zero-order valence-corrected chi connectivity index (χ0v) is 34.9. The van der Waals surface area contributed by atoms with E-state index in [1.54, 1.807) is 0 Å². The molecule has 9 aromatic carbocycles. The summed E-state index contributed by atoms with van der Waals surface area (Å²) in [6, 6.07) is 80.5. The van der Waals surface area contributed by atoms with E-state index in [0.717, 1.165) is 17.8 Å². The van der Waals surface area contributed by atoms with Gasteiger partial charge in [-0.15, -0.1) is 0 Å². The fourth-order valence-electron chi connectivity index (χ4n) is 11.2. The van der Waals surface area contributed by atoms with Crippen LogP contribution in [-0.4, -0.2) is 19.7 Å². The second kappa shape index (κ2) is 13.6. The predicted molar refractivity (Wildman–Crippen MR) is 268 cm³/mol. The molecule has 4 nitrogen and oxygen atoms in total. The van der Waals surface area contributed by atoms with Gasteiger partial charge in [0.2, 0.25) is 0 Å². The molecule has 0 bridgehead atoms. The molecule has 1 aliphatic carbocycles. The quantitative estimate of drug-likeness (QED) is 0.169. The van der Waals surface area contributed by atoms with E-state index < -0.39 is 0 Å². The van der Waals surface area contributed by atoms with Gasteiger partial charge in [0.25, 0.3) is 0 Å². The van der Waals surface area contributed by atoms with E-state index in [-0.39, 0.29) is 6.04 Å². The van der Waals surface area contributed by atoms with Crippen molar-refractivity contribution in [1.82, 2.24) is 13.7 Å². The molecule has 2 aliphatic rings. The number of hydrogen-bond acceptors (Lipinski definition) is 1. The van der Waals surface area contributed by atoms with E-state index >= 15 is 0 Å². The van der Waals surface area contributed by atoms with Crippen molar-refractivity contribution in [2.24, 2.45) is 0 Å². The molecule has 3 aromatic heterocycles. The van der Waals surface area contributed by atoms with Crippen LogP contribution in [0.3, 0.4) is 0 Å². The molecule has 0 radical (unpaired) electrons. The first-order valence-corrected chi connectivity index (χ1v) is 22.3. The molecule has 12 aromatic rings. The molecule has 1 unspecified atom stereocenters. The summed E-state index contributed by atoms with van der Waals surface area (Å²) in [4.78, 5) is 2.63. The fraction of sp³-hybridized carbons (Fsp3) is 0.0333. The number of anilines is 2. The zero-order valence-electron chi connectivity index (χ0n) is 34.9. The molecule has 0 fully saturated rings. The van der Waals surface area contributed by atoms with Gasteiger partial charge in [0.1, 0.15) is 0 Å². The lowest BCUT2D eigenvalue weighted by Crippen LogP contribution is -2.31. The summed E-state index contributed by atoms with van der Waals surface area (Å²) in [5.41, 5.74) is 19.7. The van der Waals surface area contributed by atoms with Crippen LogP contribution in [0.1, 0.15) is 16.8 Å². The van der Waals surface area contributed by atoms with Gasteiger partial charge in [-0.1, -0.05) is 140 Å². The molecule has 0 saturated carbocycles. The number of aromatic nitrogens is 3. The van der Waals surface area contributed by atoms with Gasteiger partial charge in [0, 0.05) is 67.4 Å². The third-order valence-electron chi connectivity index (χ3n) is 13.9. The van der Waals surface area contributed by atoms with Crippen molar-refractivity contribution in [1.29, 1.82) is 0 Å². The Balaban J connectivity index is 1.02. The van der Waals surface area contributed by atoms with Gasteiger partial charge in [-0.05, 0) is 107 Å². The van der Waals surface area contributed by atoms with Crippen LogP contribution >= 0.6 is 0 Å². The highest BCUT2D eigenvalue weighted by molar-refractivity contribution is 6.19. The Labute approximate surface area is 370 Å². The summed E-state index contributed by atoms with van der Waals surface area (Å²) in [5.74, 6) is 0. The summed E-state index contributed by atoms with van der Waals surface area (Å²) in [5, 5.41) is 6.28. The summed E-state index contributed by atoms with van der Waals surface area (Å²) in [6.07, 6.45) is 3.38. The van der Waals surface area contributed by atoms with Gasteiger partial charge in [-0.3, -0.25) is 0 Å². The summed E-state index contributed by atoms with van der Waals surface area (Å²) in [7, 11) is 0. The smallest absolute Gasteiger partial charge is 0.0640 e. The van der Waals surface area contributed by atoms with Crippen molar-refractivity contribution in [3.63, 3.8) is 0 Å². The van der Waals surface area contributed by atoms with Crippen LogP contribution < -0.4 is 4.90 Å². The molecule has 0 spiro atoms. The second-order valence-electron chi connectivity index (χ2n) is 17.3. The lowest BCUT2D eigenvalue weighted by Gasteiger charge is -2.31. The maximum atomic E-state index is 2.63. The summed E-state index contributed by atoms with van der Waals surface area (Å²) < 4.78 is 7.40. The first-order valence-electron chi connectivity index (χ1n) is 22.3. The highest BCUT2D eigenvalue weighted by Gasteiger charge is 2.39. The standard InChI is InChI=1S/C60H40N4/c1-4-18-39(19-5-1)40-32-43(63-55-30-16-12-26-47(55)51-35-57-49(37-59(51)63)45-24-10-14-28-53(45)61(57)41-20-6-2-7-21-41)34-44(33-40)64-56-31-17-13-27-48(56)52-36-58-50(38-60(52)64)46-25-11-15-29-54(46)62(58)42-22-8-3-9-23-42/h1-37,60H,38H2. The van der Waals surface area contributed by atoms with Crippen LogP contribution in [-0.2, 0) is 6.42 Å². The number of para-hydroxylation sites is 6. The highest BCUT2D eigenvalue weighted by atomic mass is 15.2. The van der Waals surface area contributed by atoms with Gasteiger partial charge in [-0.25, -0.2) is 0 Å². The number of rotatable bonds is 5. The van der Waals surface area contributed by atoms with Crippen LogP contribution in [0.5, 0.6) is 0 Å². The predicted octanol–water partition coefficient (Wildman–Crippen LogP) is 15.1. The molecule has 300 valence electrons. The number of nitrogens with zero attached hydrogens (tertiary/aromatic N) is 4. The topological polar surface area (TPSA) is 18.0 Å². The molecule has 0 amide bonds. The monoisotopic (exact) mass is 816 g/mol. The average molecular weight is 817 g/mol. The Morgan fingerprint density at radius 1 is 0.344 bits per heavy atom. The lowest BCUT2D eigenvalue weighted by atomic mass is 9.89. The molecule has 1 atom stereocenters. The molecule has 64 heavy (non-hydrogen) atoms. The van der Waals surface area contributed by atoms with Gasteiger partial charge in [0.05, 0.1) is 39.3 Å². The Bertz CT molecular complexity index is 3870. The Hall–Kier alpha value is -8.34. The van der Waals surface area contributed by atoms with Crippen LogP contribution in [0, 0.1) is 0 Å². The Kier molecular flexibility index (Phi) is 7.48. The van der Waals surface area contributed by atoms with Crippen LogP contribution in [0.25, 0.3) is 94.4 Å². The van der Waals surface area contributed by atoms with Gasteiger partial charge < -0.3 is 18.6 Å². The minimum absolute atomic E-state index is 0.112. The molecule has 0 N–H and O–H groups in total. The number of hydrogen-bond donors (Lipinski definition) is 0. The highest BCUT2D eigenvalue weighted by Crippen LogP contribution is 2.52. The number of benzene rings is 9. The Morgan fingerprint density at radius 2 is 0.844 bits per heavy atom. The van der Waals surface area contributed by atoms with Crippen molar-refractivity contribution in [2.45, 2.75) is 12.5 Å². The van der Waals surface area contributed by atoms with E-state index in [0.29, 0.717) is 0 Å². The lowest BCUT2D eigenvalue weighted by molar-refractivity contribution is 0.806. The van der Waals surface area contributed by atoms with Crippen LogP contribution in [0.4, 0.5) is 11.4 Å². The second-order valence-corrected chi connectivity index (χ2v) is 17.3.